The minimum absolute atomic E-state index is 0.256. The molecule has 0 saturated carbocycles. The Balaban J connectivity index is 2.13. The van der Waals surface area contributed by atoms with Crippen LogP contribution in [0.1, 0.15) is 5.56 Å². The van der Waals surface area contributed by atoms with E-state index in [-0.39, 0.29) is 17.1 Å². The highest BCUT2D eigenvalue weighted by Crippen LogP contribution is 2.25. The van der Waals surface area contributed by atoms with Crippen molar-refractivity contribution in [2.75, 3.05) is 5.73 Å². The zero-order valence-corrected chi connectivity index (χ0v) is 9.55. The summed E-state index contributed by atoms with van der Waals surface area (Å²) >= 11 is 1.22. The van der Waals surface area contributed by atoms with Crippen LogP contribution in [0.5, 0.6) is 0 Å². The normalized spacial score (nSPS) is 10.5. The van der Waals surface area contributed by atoms with Gasteiger partial charge in [0.1, 0.15) is 5.03 Å². The molecule has 0 bridgehead atoms. The number of thioether (sulfide) groups is 1. The lowest BCUT2D eigenvalue weighted by Gasteiger charge is -2.04. The lowest BCUT2D eigenvalue weighted by Crippen LogP contribution is -1.96. The number of hydrogen-bond acceptors (Lipinski definition) is 4. The van der Waals surface area contributed by atoms with Gasteiger partial charge in [-0.15, -0.1) is 0 Å². The lowest BCUT2D eigenvalue weighted by atomic mass is 10.2. The molecule has 0 aliphatic carbocycles. The first-order valence-corrected chi connectivity index (χ1v) is 5.79. The topological polar surface area (TPSA) is 51.8 Å². The molecule has 17 heavy (non-hydrogen) atoms. The predicted molar refractivity (Wildman–Crippen MR) is 62.4 cm³/mol. The van der Waals surface area contributed by atoms with Crippen LogP contribution < -0.4 is 5.73 Å². The van der Waals surface area contributed by atoms with Gasteiger partial charge in [0, 0.05) is 23.7 Å². The lowest BCUT2D eigenvalue weighted by molar-refractivity contribution is 0.502. The van der Waals surface area contributed by atoms with Crippen LogP contribution in [0.4, 0.5) is 14.6 Å². The molecule has 6 heteroatoms. The third kappa shape index (κ3) is 2.71. The minimum atomic E-state index is -0.852. The number of halogens is 2. The fourth-order valence-corrected chi connectivity index (χ4v) is 2.10. The molecule has 1 aromatic heterocycles. The molecule has 0 aliphatic heterocycles. The molecule has 0 saturated heterocycles. The first-order valence-electron chi connectivity index (χ1n) is 4.80. The van der Waals surface area contributed by atoms with E-state index in [0.717, 1.165) is 6.07 Å². The molecule has 88 valence electrons. The average Bonchev–Trinajstić information content (AvgIpc) is 2.33. The molecule has 2 N–H and O–H groups in total. The quantitative estimate of drug-likeness (QED) is 0.854. The second-order valence-electron chi connectivity index (χ2n) is 3.25. The van der Waals surface area contributed by atoms with Crippen LogP contribution in [-0.4, -0.2) is 9.97 Å². The molecule has 2 aromatic rings. The summed E-state index contributed by atoms with van der Waals surface area (Å²) < 4.78 is 26.3. The maximum absolute atomic E-state index is 13.3. The SMILES string of the molecule is Nc1nccnc1SCc1cccc(F)c1F. The van der Waals surface area contributed by atoms with Gasteiger partial charge in [0.2, 0.25) is 0 Å². The van der Waals surface area contributed by atoms with Crippen LogP contribution >= 0.6 is 11.8 Å². The van der Waals surface area contributed by atoms with E-state index < -0.39 is 11.6 Å². The minimum Gasteiger partial charge on any atom is -0.381 e. The van der Waals surface area contributed by atoms with Gasteiger partial charge in [-0.3, -0.25) is 0 Å². The number of benzene rings is 1. The van der Waals surface area contributed by atoms with Gasteiger partial charge < -0.3 is 5.73 Å². The highest BCUT2D eigenvalue weighted by Gasteiger charge is 2.09. The Morgan fingerprint density at radius 1 is 1.18 bits per heavy atom. The van der Waals surface area contributed by atoms with E-state index in [1.54, 1.807) is 0 Å². The number of rotatable bonds is 3. The number of nitrogens with zero attached hydrogens (tertiary/aromatic N) is 2. The molecule has 3 nitrogen and oxygen atoms in total. The second-order valence-corrected chi connectivity index (χ2v) is 4.21. The zero-order chi connectivity index (χ0) is 12.3. The number of hydrogen-bond donors (Lipinski definition) is 1. The summed E-state index contributed by atoms with van der Waals surface area (Å²) in [6, 6.07) is 4.08. The summed E-state index contributed by atoms with van der Waals surface area (Å²) in [4.78, 5) is 7.86. The summed E-state index contributed by atoms with van der Waals surface area (Å²) in [6.45, 7) is 0. The Morgan fingerprint density at radius 2 is 1.94 bits per heavy atom. The van der Waals surface area contributed by atoms with E-state index in [0.29, 0.717) is 5.03 Å². The third-order valence-corrected chi connectivity index (χ3v) is 3.13. The monoisotopic (exact) mass is 253 g/mol. The molecule has 0 unspecified atom stereocenters. The fourth-order valence-electron chi connectivity index (χ4n) is 1.25. The van der Waals surface area contributed by atoms with Gasteiger partial charge in [0.05, 0.1) is 0 Å². The smallest absolute Gasteiger partial charge is 0.162 e. The molecule has 0 aliphatic rings. The Kier molecular flexibility index (Phi) is 3.53. The van der Waals surface area contributed by atoms with Gasteiger partial charge in [0.15, 0.2) is 17.5 Å². The number of nitrogens with two attached hydrogens (primary N) is 1. The summed E-state index contributed by atoms with van der Waals surface area (Å²) in [6.07, 6.45) is 2.97. The highest BCUT2D eigenvalue weighted by atomic mass is 32.2. The van der Waals surface area contributed by atoms with Crippen molar-refractivity contribution in [3.8, 4) is 0 Å². The Labute approximate surface area is 101 Å². The maximum Gasteiger partial charge on any atom is 0.162 e. The van der Waals surface area contributed by atoms with Gasteiger partial charge in [0.25, 0.3) is 0 Å². The highest BCUT2D eigenvalue weighted by molar-refractivity contribution is 7.98. The number of nitrogen functional groups attached to an aromatic ring is 1. The Hall–Kier alpha value is -1.69. The predicted octanol–water partition coefficient (Wildman–Crippen LogP) is 2.63. The molecule has 1 heterocycles. The van der Waals surface area contributed by atoms with E-state index in [2.05, 4.69) is 9.97 Å². The van der Waals surface area contributed by atoms with Crippen LogP contribution in [-0.2, 0) is 5.75 Å². The Bertz CT molecular complexity index is 534. The van der Waals surface area contributed by atoms with Crippen LogP contribution in [0.3, 0.4) is 0 Å². The zero-order valence-electron chi connectivity index (χ0n) is 8.73. The third-order valence-electron chi connectivity index (χ3n) is 2.09. The summed E-state index contributed by atoms with van der Waals surface area (Å²) in [7, 11) is 0. The molecular weight excluding hydrogens is 244 g/mol. The molecule has 0 spiro atoms. The standard InChI is InChI=1S/C11H9F2N3S/c12-8-3-1-2-7(9(8)13)6-17-11-10(14)15-4-5-16-11/h1-5H,6H2,(H2,14,15). The van der Waals surface area contributed by atoms with Gasteiger partial charge in [-0.25, -0.2) is 18.7 Å². The van der Waals surface area contributed by atoms with Crippen molar-refractivity contribution in [3.63, 3.8) is 0 Å². The summed E-state index contributed by atoms with van der Waals surface area (Å²) in [5, 5.41) is 0.510. The van der Waals surface area contributed by atoms with Gasteiger partial charge in [-0.1, -0.05) is 23.9 Å². The van der Waals surface area contributed by atoms with E-state index in [1.807, 2.05) is 0 Å². The fraction of sp³-hybridized carbons (Fsp3) is 0.0909. The van der Waals surface area contributed by atoms with E-state index in [4.69, 9.17) is 5.73 Å². The summed E-state index contributed by atoms with van der Waals surface area (Å²) in [5.74, 6) is -1.14. The summed E-state index contributed by atoms with van der Waals surface area (Å²) in [5.41, 5.74) is 5.87. The molecule has 1 aromatic carbocycles. The number of aromatic nitrogens is 2. The second kappa shape index (κ2) is 5.09. The maximum atomic E-state index is 13.3. The molecule has 2 rings (SSSR count). The molecule has 0 atom stereocenters. The van der Waals surface area contributed by atoms with Crippen molar-refractivity contribution >= 4 is 17.6 Å². The van der Waals surface area contributed by atoms with Crippen molar-refractivity contribution in [1.82, 2.24) is 9.97 Å². The van der Waals surface area contributed by atoms with Crippen molar-refractivity contribution in [1.29, 1.82) is 0 Å². The molecule has 0 radical (unpaired) electrons. The van der Waals surface area contributed by atoms with Crippen molar-refractivity contribution in [2.45, 2.75) is 10.8 Å². The Morgan fingerprint density at radius 3 is 2.71 bits per heavy atom. The van der Waals surface area contributed by atoms with Crippen LogP contribution in [0.25, 0.3) is 0 Å². The van der Waals surface area contributed by atoms with Crippen molar-refractivity contribution in [2.24, 2.45) is 0 Å². The first kappa shape index (κ1) is 11.8. The van der Waals surface area contributed by atoms with E-state index in [9.17, 15) is 8.78 Å². The van der Waals surface area contributed by atoms with Gasteiger partial charge in [-0.05, 0) is 6.07 Å². The van der Waals surface area contributed by atoms with E-state index >= 15 is 0 Å². The van der Waals surface area contributed by atoms with Gasteiger partial charge in [-0.2, -0.15) is 0 Å². The molecular formula is C11H9F2N3S. The number of anilines is 1. The van der Waals surface area contributed by atoms with Crippen LogP contribution in [0.2, 0.25) is 0 Å². The van der Waals surface area contributed by atoms with E-state index in [1.165, 1.54) is 36.3 Å². The van der Waals surface area contributed by atoms with Crippen molar-refractivity contribution < 1.29 is 8.78 Å². The van der Waals surface area contributed by atoms with Crippen molar-refractivity contribution in [3.05, 3.63) is 47.8 Å². The molecule has 0 fully saturated rings. The average molecular weight is 253 g/mol. The van der Waals surface area contributed by atoms with Gasteiger partial charge >= 0.3 is 0 Å². The van der Waals surface area contributed by atoms with Crippen LogP contribution in [0, 0.1) is 11.6 Å². The molecule has 0 amide bonds. The largest absolute Gasteiger partial charge is 0.381 e. The van der Waals surface area contributed by atoms with Crippen LogP contribution in [0.15, 0.2) is 35.6 Å². The first-order chi connectivity index (χ1) is 8.18.